The topological polar surface area (TPSA) is 69.7 Å². The van der Waals surface area contributed by atoms with E-state index in [9.17, 15) is 13.2 Å². The van der Waals surface area contributed by atoms with Crippen molar-refractivity contribution in [1.29, 1.82) is 0 Å². The molecule has 30 heavy (non-hydrogen) atoms. The SMILES string of the molecule is O=C(NC1CC1)C(c1ccccc1)N1CCN(S(=O)(=O)c2ccc(Cl)c(Cl)c2)CC1. The molecule has 1 atom stereocenters. The van der Waals surface area contributed by atoms with Crippen molar-refractivity contribution in [3.8, 4) is 0 Å². The average molecular weight is 468 g/mol. The van der Waals surface area contributed by atoms with Crippen LogP contribution in [0.4, 0.5) is 0 Å². The third kappa shape index (κ3) is 4.65. The lowest BCUT2D eigenvalue weighted by Gasteiger charge is -2.38. The number of sulfonamides is 1. The number of rotatable bonds is 6. The lowest BCUT2D eigenvalue weighted by atomic mass is 10.0. The molecule has 1 amide bonds. The molecule has 2 aromatic carbocycles. The number of hydrogen-bond acceptors (Lipinski definition) is 4. The van der Waals surface area contributed by atoms with Crippen molar-refractivity contribution in [2.24, 2.45) is 0 Å². The van der Waals surface area contributed by atoms with Gasteiger partial charge >= 0.3 is 0 Å². The Morgan fingerprint density at radius 1 is 0.967 bits per heavy atom. The quantitative estimate of drug-likeness (QED) is 0.707. The van der Waals surface area contributed by atoms with Crippen molar-refractivity contribution in [1.82, 2.24) is 14.5 Å². The lowest BCUT2D eigenvalue weighted by Crippen LogP contribution is -2.52. The molecule has 4 rings (SSSR count). The third-order valence-electron chi connectivity index (χ3n) is 5.45. The molecule has 6 nitrogen and oxygen atoms in total. The highest BCUT2D eigenvalue weighted by molar-refractivity contribution is 7.89. The zero-order chi connectivity index (χ0) is 21.3. The molecule has 2 aromatic rings. The van der Waals surface area contributed by atoms with Crippen molar-refractivity contribution in [2.75, 3.05) is 26.2 Å². The summed E-state index contributed by atoms with van der Waals surface area (Å²) in [6.45, 7) is 1.50. The van der Waals surface area contributed by atoms with Gasteiger partial charge in [0.2, 0.25) is 15.9 Å². The molecule has 1 aliphatic carbocycles. The fourth-order valence-electron chi connectivity index (χ4n) is 3.66. The molecule has 1 aliphatic heterocycles. The largest absolute Gasteiger partial charge is 0.352 e. The second-order valence-electron chi connectivity index (χ2n) is 7.61. The standard InChI is InChI=1S/C21H23Cl2N3O3S/c22-18-9-8-17(14-19(18)23)30(28,29)26-12-10-25(11-13-26)20(15-4-2-1-3-5-15)21(27)24-16-6-7-16/h1-5,8-9,14,16,20H,6-7,10-13H2,(H,24,27). The first-order valence-corrected chi connectivity index (χ1v) is 12.1. The van der Waals surface area contributed by atoms with Gasteiger partial charge in [-0.2, -0.15) is 4.31 Å². The first kappa shape index (κ1) is 21.6. The maximum atomic E-state index is 13.0. The van der Waals surface area contributed by atoms with Crippen LogP contribution in [0.1, 0.15) is 24.4 Å². The predicted octanol–water partition coefficient (Wildman–Crippen LogP) is 3.32. The van der Waals surface area contributed by atoms with Crippen LogP contribution in [0.2, 0.25) is 10.0 Å². The first-order chi connectivity index (χ1) is 14.4. The van der Waals surface area contributed by atoms with E-state index in [0.717, 1.165) is 18.4 Å². The normalized spacial score (nSPS) is 19.4. The second-order valence-corrected chi connectivity index (χ2v) is 10.4. The number of benzene rings is 2. The van der Waals surface area contributed by atoms with Gasteiger partial charge in [0.25, 0.3) is 0 Å². The van der Waals surface area contributed by atoms with Crippen LogP contribution in [0.5, 0.6) is 0 Å². The highest BCUT2D eigenvalue weighted by Gasteiger charge is 2.36. The Morgan fingerprint density at radius 3 is 2.23 bits per heavy atom. The Morgan fingerprint density at radius 2 is 1.63 bits per heavy atom. The van der Waals surface area contributed by atoms with Crippen LogP contribution in [0, 0.1) is 0 Å². The molecule has 1 saturated carbocycles. The maximum Gasteiger partial charge on any atom is 0.243 e. The van der Waals surface area contributed by atoms with E-state index in [4.69, 9.17) is 23.2 Å². The summed E-state index contributed by atoms with van der Waals surface area (Å²) in [5.74, 6) is -0.0236. The van der Waals surface area contributed by atoms with Gasteiger partial charge in [0.1, 0.15) is 6.04 Å². The van der Waals surface area contributed by atoms with Crippen LogP contribution in [0.3, 0.4) is 0 Å². The van der Waals surface area contributed by atoms with Gasteiger partial charge in [0.05, 0.1) is 14.9 Å². The van der Waals surface area contributed by atoms with E-state index in [1.807, 2.05) is 35.2 Å². The van der Waals surface area contributed by atoms with Crippen LogP contribution in [0.15, 0.2) is 53.4 Å². The van der Waals surface area contributed by atoms with E-state index >= 15 is 0 Å². The molecular weight excluding hydrogens is 445 g/mol. The van der Waals surface area contributed by atoms with E-state index in [-0.39, 0.29) is 21.9 Å². The zero-order valence-corrected chi connectivity index (χ0v) is 18.6. The van der Waals surface area contributed by atoms with Gasteiger partial charge in [-0.05, 0) is 36.6 Å². The summed E-state index contributed by atoms with van der Waals surface area (Å²) in [5.41, 5.74) is 0.913. The van der Waals surface area contributed by atoms with E-state index in [1.54, 1.807) is 0 Å². The van der Waals surface area contributed by atoms with E-state index in [2.05, 4.69) is 5.32 Å². The Balaban J connectivity index is 1.50. The molecule has 160 valence electrons. The summed E-state index contributed by atoms with van der Waals surface area (Å²) in [5, 5.41) is 3.61. The summed E-state index contributed by atoms with van der Waals surface area (Å²) in [6.07, 6.45) is 2.03. The summed E-state index contributed by atoms with van der Waals surface area (Å²) >= 11 is 11.9. The Hall–Kier alpha value is -1.64. The van der Waals surface area contributed by atoms with Gasteiger partial charge in [-0.15, -0.1) is 0 Å². The molecule has 0 bridgehead atoms. The van der Waals surface area contributed by atoms with Crippen molar-refractivity contribution in [3.63, 3.8) is 0 Å². The number of nitrogens with zero attached hydrogens (tertiary/aromatic N) is 2. The van der Waals surface area contributed by atoms with E-state index < -0.39 is 16.1 Å². The molecule has 1 N–H and O–H groups in total. The molecule has 1 unspecified atom stereocenters. The molecule has 0 aromatic heterocycles. The van der Waals surface area contributed by atoms with Gasteiger partial charge in [-0.25, -0.2) is 8.42 Å². The highest BCUT2D eigenvalue weighted by atomic mass is 35.5. The Kier molecular flexibility index (Phi) is 6.36. The van der Waals surface area contributed by atoms with Gasteiger partial charge in [-0.3, -0.25) is 9.69 Å². The number of hydrogen-bond donors (Lipinski definition) is 1. The molecule has 2 aliphatic rings. The van der Waals surface area contributed by atoms with Crippen LogP contribution in [0.25, 0.3) is 0 Å². The zero-order valence-electron chi connectivity index (χ0n) is 16.3. The third-order valence-corrected chi connectivity index (χ3v) is 8.09. The number of amides is 1. The monoisotopic (exact) mass is 467 g/mol. The fourth-order valence-corrected chi connectivity index (χ4v) is 5.47. The minimum Gasteiger partial charge on any atom is -0.352 e. The molecule has 2 fully saturated rings. The van der Waals surface area contributed by atoms with Gasteiger partial charge in [-0.1, -0.05) is 53.5 Å². The summed E-state index contributed by atoms with van der Waals surface area (Å²) < 4.78 is 27.5. The lowest BCUT2D eigenvalue weighted by molar-refractivity contribution is -0.127. The van der Waals surface area contributed by atoms with Gasteiger partial charge < -0.3 is 5.32 Å². The highest BCUT2D eigenvalue weighted by Crippen LogP contribution is 2.29. The second kappa shape index (κ2) is 8.85. The maximum absolute atomic E-state index is 13.0. The first-order valence-electron chi connectivity index (χ1n) is 9.91. The van der Waals surface area contributed by atoms with Crippen molar-refractivity contribution >= 4 is 39.1 Å². The summed E-state index contributed by atoms with van der Waals surface area (Å²) in [6, 6.07) is 13.8. The van der Waals surface area contributed by atoms with Gasteiger partial charge in [0.15, 0.2) is 0 Å². The molecule has 0 radical (unpaired) electrons. The number of halogens is 2. The van der Waals surface area contributed by atoms with Gasteiger partial charge in [0, 0.05) is 32.2 Å². The van der Waals surface area contributed by atoms with E-state index in [1.165, 1.54) is 22.5 Å². The number of carbonyl (C=O) groups excluding carboxylic acids is 1. The van der Waals surface area contributed by atoms with Crippen LogP contribution < -0.4 is 5.32 Å². The van der Waals surface area contributed by atoms with Crippen molar-refractivity contribution < 1.29 is 13.2 Å². The predicted molar refractivity (Wildman–Crippen MR) is 117 cm³/mol. The van der Waals surface area contributed by atoms with Crippen molar-refractivity contribution in [2.45, 2.75) is 29.8 Å². The molecular formula is C21H23Cl2N3O3S. The Labute approximate surface area is 186 Å². The number of carbonyl (C=O) groups is 1. The summed E-state index contributed by atoms with van der Waals surface area (Å²) in [4.78, 5) is 15.1. The number of nitrogens with one attached hydrogen (secondary N) is 1. The average Bonchev–Trinajstić information content (AvgIpc) is 3.55. The van der Waals surface area contributed by atoms with Crippen LogP contribution >= 0.6 is 23.2 Å². The Bertz CT molecular complexity index is 1020. The smallest absolute Gasteiger partial charge is 0.243 e. The molecule has 1 heterocycles. The fraction of sp³-hybridized carbons (Fsp3) is 0.381. The molecule has 1 saturated heterocycles. The van der Waals surface area contributed by atoms with Crippen LogP contribution in [-0.2, 0) is 14.8 Å². The van der Waals surface area contributed by atoms with E-state index in [0.29, 0.717) is 31.2 Å². The molecule has 9 heteroatoms. The van der Waals surface area contributed by atoms with Crippen molar-refractivity contribution in [3.05, 3.63) is 64.1 Å². The van der Waals surface area contributed by atoms with Crippen LogP contribution in [-0.4, -0.2) is 55.8 Å². The molecule has 0 spiro atoms. The summed E-state index contributed by atoms with van der Waals surface area (Å²) in [7, 11) is -3.68. The number of piperazine rings is 1. The minimum absolute atomic E-state index is 0.0236. The minimum atomic E-state index is -3.68.